The van der Waals surface area contributed by atoms with Crippen LogP contribution in [0.25, 0.3) is 0 Å². The molecule has 0 amide bonds. The van der Waals surface area contributed by atoms with Gasteiger partial charge in [-0.2, -0.15) is 0 Å². The van der Waals surface area contributed by atoms with Gasteiger partial charge in [-0.15, -0.1) is 0 Å². The van der Waals surface area contributed by atoms with Crippen LogP contribution < -0.4 is 11.5 Å². The smallest absolute Gasteiger partial charge is 0.177 e. The Morgan fingerprint density at radius 1 is 1.20 bits per heavy atom. The highest BCUT2D eigenvalue weighted by Gasteiger charge is 2.06. The maximum absolute atomic E-state index is 5.40. The van der Waals surface area contributed by atoms with Crippen LogP contribution in [0.3, 0.4) is 0 Å². The van der Waals surface area contributed by atoms with Crippen LogP contribution in [0, 0.1) is 0 Å². The third kappa shape index (κ3) is 4.93. The monoisotopic (exact) mass is 162 g/mol. The standard InChI is InChI=1S/C6H18N2OSi/c1-9-10(6-4-8)5-2-3-7/h10H,2-8H2,1H3. The van der Waals surface area contributed by atoms with E-state index in [1.807, 2.05) is 0 Å². The van der Waals surface area contributed by atoms with Crippen molar-refractivity contribution in [3.8, 4) is 0 Å². The van der Waals surface area contributed by atoms with Crippen LogP contribution in [0.2, 0.25) is 12.1 Å². The maximum Gasteiger partial charge on any atom is 0.177 e. The normalized spacial score (nSPS) is 13.5. The van der Waals surface area contributed by atoms with Gasteiger partial charge in [0.15, 0.2) is 9.04 Å². The van der Waals surface area contributed by atoms with Gasteiger partial charge in [-0.05, 0) is 31.6 Å². The molecule has 0 radical (unpaired) electrons. The number of nitrogens with two attached hydrogens (primary N) is 2. The molecule has 0 bridgehead atoms. The quantitative estimate of drug-likeness (QED) is 0.525. The van der Waals surface area contributed by atoms with Crippen LogP contribution in [-0.2, 0) is 4.43 Å². The lowest BCUT2D eigenvalue weighted by Crippen LogP contribution is -2.20. The predicted molar refractivity (Wildman–Crippen MR) is 46.5 cm³/mol. The second kappa shape index (κ2) is 7.21. The number of hydrogen-bond donors (Lipinski definition) is 2. The van der Waals surface area contributed by atoms with E-state index >= 15 is 0 Å². The third-order valence-electron chi connectivity index (χ3n) is 1.55. The number of hydrogen-bond acceptors (Lipinski definition) is 3. The first-order valence-corrected chi connectivity index (χ1v) is 5.88. The van der Waals surface area contributed by atoms with E-state index in [0.29, 0.717) is 0 Å². The lowest BCUT2D eigenvalue weighted by molar-refractivity contribution is 0.416. The molecule has 0 aromatic carbocycles. The van der Waals surface area contributed by atoms with Crippen molar-refractivity contribution in [3.63, 3.8) is 0 Å². The van der Waals surface area contributed by atoms with Crippen molar-refractivity contribution in [2.75, 3.05) is 20.2 Å². The maximum atomic E-state index is 5.40. The molecule has 1 unspecified atom stereocenters. The average molecular weight is 162 g/mol. The molecule has 4 N–H and O–H groups in total. The largest absolute Gasteiger partial charge is 0.423 e. The van der Waals surface area contributed by atoms with Gasteiger partial charge >= 0.3 is 0 Å². The lowest BCUT2D eigenvalue weighted by Gasteiger charge is -2.10. The molecule has 0 aromatic rings. The summed E-state index contributed by atoms with van der Waals surface area (Å²) in [5.74, 6) is 0. The first kappa shape index (κ1) is 10.1. The molecule has 0 aliphatic rings. The van der Waals surface area contributed by atoms with Gasteiger partial charge in [-0.3, -0.25) is 0 Å². The molecule has 0 heterocycles. The van der Waals surface area contributed by atoms with E-state index in [9.17, 15) is 0 Å². The van der Waals surface area contributed by atoms with Crippen LogP contribution in [0.5, 0.6) is 0 Å². The van der Waals surface area contributed by atoms with E-state index < -0.39 is 9.04 Å². The van der Waals surface area contributed by atoms with Crippen molar-refractivity contribution >= 4 is 9.04 Å². The van der Waals surface area contributed by atoms with Gasteiger partial charge in [0.25, 0.3) is 0 Å². The molecule has 0 aliphatic heterocycles. The molecule has 3 nitrogen and oxygen atoms in total. The van der Waals surface area contributed by atoms with Crippen LogP contribution in [0.15, 0.2) is 0 Å². The molecule has 0 aliphatic carbocycles. The highest BCUT2D eigenvalue weighted by molar-refractivity contribution is 6.51. The van der Waals surface area contributed by atoms with Gasteiger partial charge in [0, 0.05) is 7.11 Å². The van der Waals surface area contributed by atoms with Crippen LogP contribution in [-0.4, -0.2) is 29.2 Å². The summed E-state index contributed by atoms with van der Waals surface area (Å²) >= 11 is 0. The van der Waals surface area contributed by atoms with Crippen LogP contribution in [0.4, 0.5) is 0 Å². The highest BCUT2D eigenvalue weighted by Crippen LogP contribution is 2.01. The molecular weight excluding hydrogens is 144 g/mol. The second-order valence-corrected chi connectivity index (χ2v) is 5.24. The minimum absolute atomic E-state index is 0.759. The Morgan fingerprint density at radius 3 is 2.30 bits per heavy atom. The van der Waals surface area contributed by atoms with E-state index in [-0.39, 0.29) is 0 Å². The lowest BCUT2D eigenvalue weighted by atomic mass is 10.5. The summed E-state index contributed by atoms with van der Waals surface area (Å²) in [6, 6.07) is 2.25. The minimum Gasteiger partial charge on any atom is -0.423 e. The van der Waals surface area contributed by atoms with Gasteiger partial charge in [0.05, 0.1) is 0 Å². The molecule has 0 rings (SSSR count). The van der Waals surface area contributed by atoms with E-state index in [1.165, 1.54) is 6.04 Å². The first-order valence-electron chi connectivity index (χ1n) is 3.78. The fraction of sp³-hybridized carbons (Fsp3) is 1.00. The summed E-state index contributed by atoms with van der Waals surface area (Å²) in [6.07, 6.45) is 1.09. The van der Waals surface area contributed by atoms with Crippen molar-refractivity contribution in [2.45, 2.75) is 18.5 Å². The molecular formula is C6H18N2OSi. The average Bonchev–Trinajstić information content (AvgIpc) is 1.98. The van der Waals surface area contributed by atoms with E-state index in [2.05, 4.69) is 0 Å². The Labute approximate surface area is 64.5 Å². The fourth-order valence-electron chi connectivity index (χ4n) is 0.911. The van der Waals surface area contributed by atoms with E-state index in [0.717, 1.165) is 25.6 Å². The number of rotatable bonds is 6. The Bertz CT molecular complexity index is 72.8. The topological polar surface area (TPSA) is 61.3 Å². The Balaban J connectivity index is 3.21. The summed E-state index contributed by atoms with van der Waals surface area (Å²) in [6.45, 7) is 1.53. The summed E-state index contributed by atoms with van der Waals surface area (Å²) in [5.41, 5.74) is 10.8. The molecule has 10 heavy (non-hydrogen) atoms. The summed E-state index contributed by atoms with van der Waals surface area (Å²) < 4.78 is 5.30. The Hall–Kier alpha value is 0.0969. The summed E-state index contributed by atoms with van der Waals surface area (Å²) in [5, 5.41) is 0. The zero-order chi connectivity index (χ0) is 7.82. The second-order valence-electron chi connectivity index (χ2n) is 2.37. The highest BCUT2D eigenvalue weighted by atomic mass is 28.3. The SMILES string of the molecule is CO[SiH](CCN)CCCN. The van der Waals surface area contributed by atoms with Gasteiger partial charge in [0.1, 0.15) is 0 Å². The zero-order valence-corrected chi connectivity index (χ0v) is 7.83. The van der Waals surface area contributed by atoms with Gasteiger partial charge in [0.2, 0.25) is 0 Å². The molecule has 62 valence electrons. The Morgan fingerprint density at radius 2 is 1.90 bits per heavy atom. The van der Waals surface area contributed by atoms with Gasteiger partial charge < -0.3 is 15.9 Å². The minimum atomic E-state index is -0.936. The molecule has 0 saturated heterocycles. The third-order valence-corrected chi connectivity index (χ3v) is 4.25. The molecule has 0 aromatic heterocycles. The summed E-state index contributed by atoms with van der Waals surface area (Å²) in [4.78, 5) is 0. The molecule has 0 spiro atoms. The van der Waals surface area contributed by atoms with E-state index in [1.54, 1.807) is 7.11 Å². The van der Waals surface area contributed by atoms with Crippen LogP contribution >= 0.6 is 0 Å². The Kier molecular flexibility index (Phi) is 7.28. The summed E-state index contributed by atoms with van der Waals surface area (Å²) in [7, 11) is 0.845. The molecule has 1 atom stereocenters. The molecule has 0 fully saturated rings. The van der Waals surface area contributed by atoms with Crippen LogP contribution in [0.1, 0.15) is 6.42 Å². The zero-order valence-electron chi connectivity index (χ0n) is 6.68. The van der Waals surface area contributed by atoms with Crippen molar-refractivity contribution in [1.29, 1.82) is 0 Å². The first-order chi connectivity index (χ1) is 4.85. The van der Waals surface area contributed by atoms with Crippen molar-refractivity contribution in [1.82, 2.24) is 0 Å². The van der Waals surface area contributed by atoms with Gasteiger partial charge in [-0.1, -0.05) is 0 Å². The van der Waals surface area contributed by atoms with E-state index in [4.69, 9.17) is 15.9 Å². The van der Waals surface area contributed by atoms with Crippen molar-refractivity contribution in [3.05, 3.63) is 0 Å². The van der Waals surface area contributed by atoms with Crippen molar-refractivity contribution in [2.24, 2.45) is 11.5 Å². The van der Waals surface area contributed by atoms with Gasteiger partial charge in [-0.25, -0.2) is 0 Å². The fourth-order valence-corrected chi connectivity index (χ4v) is 2.73. The van der Waals surface area contributed by atoms with Crippen molar-refractivity contribution < 1.29 is 4.43 Å². The molecule has 0 saturated carbocycles. The molecule has 4 heteroatoms. The predicted octanol–water partition coefficient (Wildman–Crippen LogP) is -0.336.